The van der Waals surface area contributed by atoms with Crippen molar-refractivity contribution >= 4 is 17.9 Å². The van der Waals surface area contributed by atoms with Gasteiger partial charge in [0.25, 0.3) is 0 Å². The van der Waals surface area contributed by atoms with Gasteiger partial charge in [0.05, 0.1) is 36.9 Å². The third-order valence-electron chi connectivity index (χ3n) is 11.0. The Morgan fingerprint density at radius 2 is 1.31 bits per heavy atom. The van der Waals surface area contributed by atoms with E-state index in [4.69, 9.17) is 9.72 Å². The number of aromatic amines is 2. The van der Waals surface area contributed by atoms with Crippen LogP contribution in [0.3, 0.4) is 0 Å². The second kappa shape index (κ2) is 15.1. The number of ether oxygens (including phenoxy) is 1. The number of H-pyrrole nitrogens is 2. The fourth-order valence-electron chi connectivity index (χ4n) is 8.13. The number of imidazole rings is 2. The Balaban J connectivity index is 1.01. The van der Waals surface area contributed by atoms with E-state index < -0.39 is 12.1 Å². The van der Waals surface area contributed by atoms with E-state index in [0.29, 0.717) is 12.5 Å². The van der Waals surface area contributed by atoms with Gasteiger partial charge in [0.15, 0.2) is 0 Å². The van der Waals surface area contributed by atoms with Crippen molar-refractivity contribution in [3.05, 3.63) is 72.6 Å². The molecular formula is C40H49N7O4. The van der Waals surface area contributed by atoms with Crippen LogP contribution < -0.4 is 5.32 Å². The molecule has 3 N–H and O–H groups in total. The molecule has 2 aromatic carbocycles. The molecule has 4 heterocycles. The Labute approximate surface area is 299 Å². The summed E-state index contributed by atoms with van der Waals surface area (Å²) in [5, 5.41) is 2.70. The van der Waals surface area contributed by atoms with Gasteiger partial charge in [0.1, 0.15) is 17.7 Å². The number of aromatic nitrogens is 4. The standard InChI is InChI=1S/C40H49N7O4/c1-25(2)35(45-40(50)51-3)39(49)47-22-8-11-34(47)37-42-24-33(44-37)29-18-14-27(15-19-29)26-12-16-28(17-13-26)32-23-41-36(43-32)30-9-4-5-10-31(30)38(48)46-20-6-7-21-46/h12-19,23-25,30-31,34-35H,4-11,20-22H2,1-3H3,(H,41,43)(H,42,44)(H,45,50)/t30-,31+,34-,35-/m0/s1. The number of alkyl carbamates (subject to hydrolysis) is 1. The lowest BCUT2D eigenvalue weighted by atomic mass is 9.78. The number of nitrogens with one attached hydrogen (secondary N) is 3. The van der Waals surface area contributed by atoms with Crippen LogP contribution in [0.4, 0.5) is 4.79 Å². The van der Waals surface area contributed by atoms with Crippen LogP contribution in [0.15, 0.2) is 60.9 Å². The van der Waals surface area contributed by atoms with E-state index in [1.165, 1.54) is 7.11 Å². The second-order valence-electron chi connectivity index (χ2n) is 14.6. The molecule has 3 aliphatic rings. The molecule has 0 radical (unpaired) electrons. The second-order valence-corrected chi connectivity index (χ2v) is 14.6. The lowest BCUT2D eigenvalue weighted by Crippen LogP contribution is -2.51. The minimum absolute atomic E-state index is 0.0236. The summed E-state index contributed by atoms with van der Waals surface area (Å²) >= 11 is 0. The fourth-order valence-corrected chi connectivity index (χ4v) is 8.13. The Morgan fingerprint density at radius 1 is 0.745 bits per heavy atom. The molecule has 3 fully saturated rings. The highest BCUT2D eigenvalue weighted by Gasteiger charge is 2.38. The Kier molecular flexibility index (Phi) is 10.2. The number of hydrogen-bond acceptors (Lipinski definition) is 6. The molecule has 0 bridgehead atoms. The number of likely N-dealkylation sites (tertiary alicyclic amines) is 2. The van der Waals surface area contributed by atoms with Gasteiger partial charge in [-0.1, -0.05) is 75.2 Å². The first-order valence-electron chi connectivity index (χ1n) is 18.6. The summed E-state index contributed by atoms with van der Waals surface area (Å²) in [6.45, 7) is 6.23. The monoisotopic (exact) mass is 691 g/mol. The van der Waals surface area contributed by atoms with Gasteiger partial charge in [0.2, 0.25) is 11.8 Å². The van der Waals surface area contributed by atoms with Crippen LogP contribution in [0.25, 0.3) is 33.6 Å². The molecule has 2 saturated heterocycles. The minimum Gasteiger partial charge on any atom is -0.453 e. The summed E-state index contributed by atoms with van der Waals surface area (Å²) in [5.41, 5.74) is 6.15. The van der Waals surface area contributed by atoms with E-state index in [-0.39, 0.29) is 29.7 Å². The zero-order valence-electron chi connectivity index (χ0n) is 29.9. The van der Waals surface area contributed by atoms with Gasteiger partial charge in [-0.05, 0) is 66.7 Å². The van der Waals surface area contributed by atoms with Gasteiger partial charge in [-0.2, -0.15) is 0 Å². The first-order valence-corrected chi connectivity index (χ1v) is 18.6. The maximum atomic E-state index is 13.5. The maximum absolute atomic E-state index is 13.5. The highest BCUT2D eigenvalue weighted by Crippen LogP contribution is 2.39. The van der Waals surface area contributed by atoms with Crippen molar-refractivity contribution in [2.45, 2.75) is 83.2 Å². The molecule has 2 aliphatic heterocycles. The number of amides is 3. The van der Waals surface area contributed by atoms with Gasteiger partial charge in [0, 0.05) is 31.5 Å². The first-order chi connectivity index (χ1) is 24.8. The fraction of sp³-hybridized carbons (Fsp3) is 0.475. The molecule has 4 atom stereocenters. The molecule has 11 heteroatoms. The van der Waals surface area contributed by atoms with Crippen molar-refractivity contribution in [1.29, 1.82) is 0 Å². The number of carbonyl (C=O) groups excluding carboxylic acids is 3. The number of rotatable bonds is 9. The van der Waals surface area contributed by atoms with Crippen molar-refractivity contribution in [2.75, 3.05) is 26.7 Å². The molecule has 1 aliphatic carbocycles. The van der Waals surface area contributed by atoms with Crippen molar-refractivity contribution in [3.8, 4) is 33.6 Å². The van der Waals surface area contributed by atoms with E-state index in [0.717, 1.165) is 110 Å². The van der Waals surface area contributed by atoms with Crippen LogP contribution in [0.5, 0.6) is 0 Å². The van der Waals surface area contributed by atoms with E-state index in [1.54, 1.807) is 0 Å². The molecule has 51 heavy (non-hydrogen) atoms. The number of benzene rings is 2. The molecule has 7 rings (SSSR count). The SMILES string of the molecule is COC(=O)N[C@H](C(=O)N1CCC[C@H]1c1ncc(-c2ccc(-c3ccc(-c4cnc([C@H]5CCCC[C@H]5C(=O)N5CCCC5)[nH]4)cc3)cc2)[nH]1)C(C)C. The van der Waals surface area contributed by atoms with Crippen molar-refractivity contribution < 1.29 is 19.1 Å². The molecule has 0 spiro atoms. The van der Waals surface area contributed by atoms with E-state index in [1.807, 2.05) is 31.1 Å². The lowest BCUT2D eigenvalue weighted by Gasteiger charge is -2.32. The van der Waals surface area contributed by atoms with Crippen LogP contribution in [0.2, 0.25) is 0 Å². The lowest BCUT2D eigenvalue weighted by molar-refractivity contribution is -0.136. The molecule has 268 valence electrons. The summed E-state index contributed by atoms with van der Waals surface area (Å²) < 4.78 is 4.76. The van der Waals surface area contributed by atoms with Crippen molar-refractivity contribution in [2.24, 2.45) is 11.8 Å². The Bertz CT molecular complexity index is 1820. The molecule has 3 amide bonds. The van der Waals surface area contributed by atoms with Gasteiger partial charge in [-0.25, -0.2) is 14.8 Å². The number of nitrogens with zero attached hydrogens (tertiary/aromatic N) is 4. The predicted octanol–water partition coefficient (Wildman–Crippen LogP) is 7.07. The largest absolute Gasteiger partial charge is 0.453 e. The highest BCUT2D eigenvalue weighted by atomic mass is 16.5. The summed E-state index contributed by atoms with van der Waals surface area (Å²) in [6.07, 6.45) is 11.2. The third-order valence-corrected chi connectivity index (χ3v) is 11.0. The van der Waals surface area contributed by atoms with E-state index >= 15 is 0 Å². The predicted molar refractivity (Wildman–Crippen MR) is 195 cm³/mol. The van der Waals surface area contributed by atoms with Crippen molar-refractivity contribution in [1.82, 2.24) is 35.1 Å². The molecule has 0 unspecified atom stereocenters. The average molecular weight is 692 g/mol. The van der Waals surface area contributed by atoms with Crippen LogP contribution in [-0.4, -0.2) is 80.4 Å². The zero-order valence-corrected chi connectivity index (χ0v) is 29.9. The smallest absolute Gasteiger partial charge is 0.407 e. The highest BCUT2D eigenvalue weighted by molar-refractivity contribution is 5.86. The first kappa shape index (κ1) is 34.5. The molecule has 11 nitrogen and oxygen atoms in total. The van der Waals surface area contributed by atoms with Crippen LogP contribution >= 0.6 is 0 Å². The molecular weight excluding hydrogens is 642 g/mol. The number of methoxy groups -OCH3 is 1. The van der Waals surface area contributed by atoms with E-state index in [2.05, 4.69) is 73.7 Å². The normalized spacial score (nSPS) is 21.2. The number of hydrogen-bond donors (Lipinski definition) is 3. The zero-order chi connectivity index (χ0) is 35.5. The molecule has 1 saturated carbocycles. The Hall–Kier alpha value is -4.93. The summed E-state index contributed by atoms with van der Waals surface area (Å²) in [6, 6.07) is 16.0. The third kappa shape index (κ3) is 7.29. The summed E-state index contributed by atoms with van der Waals surface area (Å²) in [4.78, 5) is 59.2. The van der Waals surface area contributed by atoms with Crippen LogP contribution in [-0.2, 0) is 14.3 Å². The quantitative estimate of drug-likeness (QED) is 0.172. The van der Waals surface area contributed by atoms with E-state index in [9.17, 15) is 14.4 Å². The average Bonchev–Trinajstić information content (AvgIpc) is 4.01. The van der Waals surface area contributed by atoms with Gasteiger partial charge < -0.3 is 29.8 Å². The van der Waals surface area contributed by atoms with Crippen LogP contribution in [0, 0.1) is 11.8 Å². The molecule has 2 aromatic heterocycles. The maximum Gasteiger partial charge on any atom is 0.407 e. The Morgan fingerprint density at radius 3 is 1.92 bits per heavy atom. The minimum atomic E-state index is -0.670. The number of carbonyl (C=O) groups is 3. The van der Waals surface area contributed by atoms with Crippen LogP contribution in [0.1, 0.15) is 88.8 Å². The topological polar surface area (TPSA) is 136 Å². The molecule has 4 aromatic rings. The van der Waals surface area contributed by atoms with Gasteiger partial charge >= 0.3 is 6.09 Å². The summed E-state index contributed by atoms with van der Waals surface area (Å²) in [5.74, 6) is 1.96. The van der Waals surface area contributed by atoms with Gasteiger partial charge in [-0.3, -0.25) is 9.59 Å². The summed E-state index contributed by atoms with van der Waals surface area (Å²) in [7, 11) is 1.30. The van der Waals surface area contributed by atoms with Gasteiger partial charge in [-0.15, -0.1) is 0 Å². The van der Waals surface area contributed by atoms with Crippen molar-refractivity contribution in [3.63, 3.8) is 0 Å².